The fourth-order valence-corrected chi connectivity index (χ4v) is 2.29. The van der Waals surface area contributed by atoms with Gasteiger partial charge >= 0.3 is 0 Å². The second-order valence-electron chi connectivity index (χ2n) is 4.77. The quantitative estimate of drug-likeness (QED) is 0.848. The van der Waals surface area contributed by atoms with Crippen molar-refractivity contribution >= 4 is 10.9 Å². The Hall–Kier alpha value is -1.32. The molecule has 1 unspecified atom stereocenters. The molecule has 0 amide bonds. The molecular formula is C14H20N2O. The minimum atomic E-state index is 0.00102. The van der Waals surface area contributed by atoms with Gasteiger partial charge in [0, 0.05) is 30.2 Å². The molecule has 0 bridgehead atoms. The third-order valence-corrected chi connectivity index (χ3v) is 3.02. The van der Waals surface area contributed by atoms with E-state index in [1.165, 1.54) is 16.5 Å². The number of rotatable bonds is 4. The molecule has 0 saturated carbocycles. The van der Waals surface area contributed by atoms with Crippen LogP contribution >= 0.6 is 0 Å². The van der Waals surface area contributed by atoms with Crippen molar-refractivity contribution in [2.75, 3.05) is 6.61 Å². The molecule has 17 heavy (non-hydrogen) atoms. The molecule has 2 aromatic rings. The predicted octanol–water partition coefficient (Wildman–Crippen LogP) is 2.21. The van der Waals surface area contributed by atoms with Crippen LogP contribution in [0.2, 0.25) is 0 Å². The van der Waals surface area contributed by atoms with Crippen LogP contribution in [-0.4, -0.2) is 22.3 Å². The Bertz CT molecular complexity index is 502. The maximum Gasteiger partial charge on any atom is 0.0627 e. The van der Waals surface area contributed by atoms with Crippen molar-refractivity contribution in [2.45, 2.75) is 25.9 Å². The largest absolute Gasteiger partial charge is 0.394 e. The zero-order valence-electron chi connectivity index (χ0n) is 10.6. The number of hydrogen-bond donors (Lipinski definition) is 2. The molecule has 0 aliphatic rings. The second kappa shape index (κ2) is 4.90. The smallest absolute Gasteiger partial charge is 0.0627 e. The lowest BCUT2D eigenvalue weighted by molar-refractivity contribution is 0.238. The summed E-state index contributed by atoms with van der Waals surface area (Å²) in [7, 11) is 2.04. The number of aliphatic hydroxyl groups is 1. The molecule has 0 aliphatic carbocycles. The Balaban J connectivity index is 2.46. The summed E-state index contributed by atoms with van der Waals surface area (Å²) in [4.78, 5) is 0. The lowest BCUT2D eigenvalue weighted by Crippen LogP contribution is -2.30. The van der Waals surface area contributed by atoms with Crippen LogP contribution in [0.3, 0.4) is 0 Å². The number of benzene rings is 1. The Morgan fingerprint density at radius 1 is 1.29 bits per heavy atom. The first kappa shape index (κ1) is 12.1. The normalized spacial score (nSPS) is 13.5. The molecule has 2 N–H and O–H groups in total. The van der Waals surface area contributed by atoms with Crippen molar-refractivity contribution in [1.82, 2.24) is 9.88 Å². The van der Waals surface area contributed by atoms with Crippen LogP contribution in [0.5, 0.6) is 0 Å². The van der Waals surface area contributed by atoms with E-state index in [0.717, 1.165) is 0 Å². The van der Waals surface area contributed by atoms with E-state index in [1.807, 2.05) is 19.2 Å². The van der Waals surface area contributed by atoms with Gasteiger partial charge in [-0.15, -0.1) is 0 Å². The van der Waals surface area contributed by atoms with Crippen molar-refractivity contribution in [1.29, 1.82) is 0 Å². The maximum atomic E-state index is 9.53. The van der Waals surface area contributed by atoms with E-state index in [4.69, 9.17) is 0 Å². The molecule has 3 nitrogen and oxygen atoms in total. The SMILES string of the molecule is CC(C)NC(CO)c1cn(C)c2ccccc12. The van der Waals surface area contributed by atoms with Crippen LogP contribution in [0, 0.1) is 0 Å². The molecule has 0 radical (unpaired) electrons. The van der Waals surface area contributed by atoms with Crippen LogP contribution < -0.4 is 5.32 Å². The van der Waals surface area contributed by atoms with Crippen LogP contribution in [-0.2, 0) is 7.05 Å². The Kier molecular flexibility index (Phi) is 3.50. The van der Waals surface area contributed by atoms with Crippen molar-refractivity contribution in [3.8, 4) is 0 Å². The van der Waals surface area contributed by atoms with E-state index in [-0.39, 0.29) is 12.6 Å². The molecule has 0 spiro atoms. The highest BCUT2D eigenvalue weighted by Crippen LogP contribution is 2.25. The van der Waals surface area contributed by atoms with Crippen LogP contribution in [0.4, 0.5) is 0 Å². The van der Waals surface area contributed by atoms with Gasteiger partial charge in [0.2, 0.25) is 0 Å². The van der Waals surface area contributed by atoms with E-state index in [9.17, 15) is 5.11 Å². The number of fused-ring (bicyclic) bond motifs is 1. The van der Waals surface area contributed by atoms with E-state index in [2.05, 4.69) is 42.1 Å². The van der Waals surface area contributed by atoms with E-state index < -0.39 is 0 Å². The van der Waals surface area contributed by atoms with Gasteiger partial charge in [-0.2, -0.15) is 0 Å². The summed E-state index contributed by atoms with van der Waals surface area (Å²) < 4.78 is 2.11. The first-order valence-electron chi connectivity index (χ1n) is 6.04. The third-order valence-electron chi connectivity index (χ3n) is 3.02. The lowest BCUT2D eigenvalue weighted by Gasteiger charge is -2.18. The summed E-state index contributed by atoms with van der Waals surface area (Å²) in [6, 6.07) is 8.64. The van der Waals surface area contributed by atoms with Crippen molar-refractivity contribution < 1.29 is 5.11 Å². The van der Waals surface area contributed by atoms with Gasteiger partial charge in [0.25, 0.3) is 0 Å². The van der Waals surface area contributed by atoms with E-state index in [0.29, 0.717) is 6.04 Å². The molecule has 0 fully saturated rings. The van der Waals surface area contributed by atoms with E-state index in [1.54, 1.807) is 0 Å². The van der Waals surface area contributed by atoms with E-state index >= 15 is 0 Å². The van der Waals surface area contributed by atoms with Crippen molar-refractivity contribution in [3.63, 3.8) is 0 Å². The minimum absolute atomic E-state index is 0.00102. The average Bonchev–Trinajstić information content (AvgIpc) is 2.64. The summed E-state index contributed by atoms with van der Waals surface area (Å²) in [5.74, 6) is 0. The summed E-state index contributed by atoms with van der Waals surface area (Å²) in [6.45, 7) is 4.30. The summed E-state index contributed by atoms with van der Waals surface area (Å²) in [6.07, 6.45) is 2.10. The van der Waals surface area contributed by atoms with Crippen LogP contribution in [0.1, 0.15) is 25.5 Å². The predicted molar refractivity (Wildman–Crippen MR) is 71.0 cm³/mol. The molecule has 2 rings (SSSR count). The monoisotopic (exact) mass is 232 g/mol. The zero-order valence-corrected chi connectivity index (χ0v) is 10.6. The fraction of sp³-hybridized carbons (Fsp3) is 0.429. The number of aliphatic hydroxyl groups excluding tert-OH is 1. The molecule has 3 heteroatoms. The van der Waals surface area contributed by atoms with Crippen LogP contribution in [0.15, 0.2) is 30.5 Å². The Morgan fingerprint density at radius 2 is 2.00 bits per heavy atom. The number of nitrogens with zero attached hydrogens (tertiary/aromatic N) is 1. The highest BCUT2D eigenvalue weighted by molar-refractivity contribution is 5.84. The van der Waals surface area contributed by atoms with Gasteiger partial charge < -0.3 is 15.0 Å². The first-order chi connectivity index (χ1) is 8.13. The molecule has 92 valence electrons. The highest BCUT2D eigenvalue weighted by atomic mass is 16.3. The van der Waals surface area contributed by atoms with Crippen LogP contribution in [0.25, 0.3) is 10.9 Å². The maximum absolute atomic E-state index is 9.53. The summed E-state index contributed by atoms with van der Waals surface area (Å²) in [5, 5.41) is 14.1. The molecule has 0 aliphatic heterocycles. The zero-order chi connectivity index (χ0) is 12.4. The second-order valence-corrected chi connectivity index (χ2v) is 4.77. The van der Waals surface area contributed by atoms with Gasteiger partial charge in [0.1, 0.15) is 0 Å². The molecular weight excluding hydrogens is 212 g/mol. The van der Waals surface area contributed by atoms with Gasteiger partial charge in [-0.25, -0.2) is 0 Å². The molecule has 1 aromatic heterocycles. The van der Waals surface area contributed by atoms with Gasteiger partial charge in [-0.1, -0.05) is 32.0 Å². The molecule has 0 saturated heterocycles. The standard InChI is InChI=1S/C14H20N2O/c1-10(2)15-13(9-17)12-8-16(3)14-7-5-4-6-11(12)14/h4-8,10,13,15,17H,9H2,1-3H3. The number of aromatic nitrogens is 1. The van der Waals surface area contributed by atoms with Crippen molar-refractivity contribution in [2.24, 2.45) is 7.05 Å². The highest BCUT2D eigenvalue weighted by Gasteiger charge is 2.16. The third kappa shape index (κ3) is 2.35. The topological polar surface area (TPSA) is 37.2 Å². The summed E-state index contributed by atoms with van der Waals surface area (Å²) in [5.41, 5.74) is 2.37. The van der Waals surface area contributed by atoms with Gasteiger partial charge in [-0.3, -0.25) is 0 Å². The van der Waals surface area contributed by atoms with Gasteiger partial charge in [0.05, 0.1) is 12.6 Å². The fourth-order valence-electron chi connectivity index (χ4n) is 2.29. The molecule has 1 atom stereocenters. The average molecular weight is 232 g/mol. The van der Waals surface area contributed by atoms with Crippen molar-refractivity contribution in [3.05, 3.63) is 36.0 Å². The number of nitrogens with one attached hydrogen (secondary N) is 1. The first-order valence-corrected chi connectivity index (χ1v) is 6.04. The number of para-hydroxylation sites is 1. The van der Waals surface area contributed by atoms with Gasteiger partial charge in [-0.05, 0) is 11.6 Å². The molecule has 1 heterocycles. The Labute approximate surface area is 102 Å². The lowest BCUT2D eigenvalue weighted by atomic mass is 10.1. The minimum Gasteiger partial charge on any atom is -0.394 e. The Morgan fingerprint density at radius 3 is 2.65 bits per heavy atom. The molecule has 1 aromatic carbocycles. The summed E-state index contributed by atoms with van der Waals surface area (Å²) >= 11 is 0. The number of hydrogen-bond acceptors (Lipinski definition) is 2. The van der Waals surface area contributed by atoms with Gasteiger partial charge in [0.15, 0.2) is 0 Å². The number of aryl methyl sites for hydroxylation is 1.